The van der Waals surface area contributed by atoms with Crippen molar-refractivity contribution in [2.45, 2.75) is 20.0 Å². The third-order valence-corrected chi connectivity index (χ3v) is 2.56. The lowest BCUT2D eigenvalue weighted by Gasteiger charge is -2.05. The molecule has 7 heteroatoms. The second-order valence-electron chi connectivity index (χ2n) is 4.34. The fourth-order valence-corrected chi connectivity index (χ4v) is 1.61. The van der Waals surface area contributed by atoms with Gasteiger partial charge in [-0.1, -0.05) is 35.5 Å². The van der Waals surface area contributed by atoms with Crippen molar-refractivity contribution in [1.29, 1.82) is 0 Å². The Hall–Kier alpha value is -2.70. The predicted molar refractivity (Wildman–Crippen MR) is 72.0 cm³/mol. The molecule has 2 aromatic rings. The number of hydrogen-bond acceptors (Lipinski definition) is 6. The first-order valence-electron chi connectivity index (χ1n) is 6.39. The van der Waals surface area contributed by atoms with Crippen LogP contribution in [0.5, 0.6) is 0 Å². The van der Waals surface area contributed by atoms with Gasteiger partial charge in [0.25, 0.3) is 5.89 Å². The van der Waals surface area contributed by atoms with Crippen molar-refractivity contribution in [2.24, 2.45) is 0 Å². The number of hydrogen-bond donors (Lipinski definition) is 1. The molecule has 1 aromatic carbocycles. The molecule has 0 spiro atoms. The van der Waals surface area contributed by atoms with Gasteiger partial charge in [-0.25, -0.2) is 0 Å². The Kier molecular flexibility index (Phi) is 5.03. The zero-order chi connectivity index (χ0) is 15.1. The Morgan fingerprint density at radius 3 is 2.71 bits per heavy atom. The zero-order valence-corrected chi connectivity index (χ0v) is 11.5. The SMILES string of the molecule is Cc1noc(COC(=O)CNC(=O)Cc2ccccc2)n1. The monoisotopic (exact) mass is 289 g/mol. The van der Waals surface area contributed by atoms with E-state index in [1.165, 1.54) is 0 Å². The Balaban J connectivity index is 1.67. The summed E-state index contributed by atoms with van der Waals surface area (Å²) in [7, 11) is 0. The van der Waals surface area contributed by atoms with Crippen LogP contribution in [0.1, 0.15) is 17.3 Å². The van der Waals surface area contributed by atoms with E-state index in [1.54, 1.807) is 6.92 Å². The van der Waals surface area contributed by atoms with E-state index in [1.807, 2.05) is 30.3 Å². The van der Waals surface area contributed by atoms with Gasteiger partial charge in [0.15, 0.2) is 12.4 Å². The molecule has 1 heterocycles. The molecule has 0 aliphatic carbocycles. The first kappa shape index (κ1) is 14.7. The fourth-order valence-electron chi connectivity index (χ4n) is 1.61. The molecule has 2 rings (SSSR count). The third kappa shape index (κ3) is 5.06. The van der Waals surface area contributed by atoms with Gasteiger partial charge in [0.2, 0.25) is 5.91 Å². The van der Waals surface area contributed by atoms with Crippen molar-refractivity contribution < 1.29 is 18.8 Å². The van der Waals surface area contributed by atoms with Crippen molar-refractivity contribution in [2.75, 3.05) is 6.54 Å². The lowest BCUT2D eigenvalue weighted by Crippen LogP contribution is -2.31. The Bertz CT molecular complexity index is 610. The molecule has 0 atom stereocenters. The van der Waals surface area contributed by atoms with Gasteiger partial charge in [0.05, 0.1) is 6.42 Å². The fraction of sp³-hybridized carbons (Fsp3) is 0.286. The molecule has 1 aromatic heterocycles. The molecule has 0 saturated carbocycles. The van der Waals surface area contributed by atoms with Crippen LogP contribution in [0.3, 0.4) is 0 Å². The van der Waals surface area contributed by atoms with E-state index in [-0.39, 0.29) is 31.4 Å². The lowest BCUT2D eigenvalue weighted by atomic mass is 10.1. The largest absolute Gasteiger partial charge is 0.454 e. The average Bonchev–Trinajstić information content (AvgIpc) is 2.90. The highest BCUT2D eigenvalue weighted by molar-refractivity contribution is 5.83. The second kappa shape index (κ2) is 7.18. The van der Waals surface area contributed by atoms with E-state index in [0.717, 1.165) is 5.56 Å². The van der Waals surface area contributed by atoms with Gasteiger partial charge in [-0.15, -0.1) is 0 Å². The quantitative estimate of drug-likeness (QED) is 0.790. The summed E-state index contributed by atoms with van der Waals surface area (Å²) in [5.41, 5.74) is 0.879. The number of rotatable bonds is 6. The first-order valence-corrected chi connectivity index (χ1v) is 6.39. The number of esters is 1. The van der Waals surface area contributed by atoms with Crippen molar-refractivity contribution in [3.63, 3.8) is 0 Å². The Morgan fingerprint density at radius 1 is 1.29 bits per heavy atom. The number of nitrogens with one attached hydrogen (secondary N) is 1. The number of benzene rings is 1. The van der Waals surface area contributed by atoms with Crippen LogP contribution in [0.4, 0.5) is 0 Å². The average molecular weight is 289 g/mol. The Morgan fingerprint density at radius 2 is 2.05 bits per heavy atom. The maximum absolute atomic E-state index is 11.6. The van der Waals surface area contributed by atoms with E-state index >= 15 is 0 Å². The Labute approximate surface area is 121 Å². The highest BCUT2D eigenvalue weighted by atomic mass is 16.6. The van der Waals surface area contributed by atoms with Crippen molar-refractivity contribution in [3.8, 4) is 0 Å². The maximum atomic E-state index is 11.6. The van der Waals surface area contributed by atoms with Crippen LogP contribution in [0.25, 0.3) is 0 Å². The van der Waals surface area contributed by atoms with Gasteiger partial charge in [-0.05, 0) is 12.5 Å². The minimum atomic E-state index is -0.563. The second-order valence-corrected chi connectivity index (χ2v) is 4.34. The number of amides is 1. The first-order chi connectivity index (χ1) is 10.1. The van der Waals surface area contributed by atoms with E-state index in [4.69, 9.17) is 9.26 Å². The van der Waals surface area contributed by atoms with Crippen LogP contribution in [0, 0.1) is 6.92 Å². The lowest BCUT2D eigenvalue weighted by molar-refractivity contribution is -0.145. The minimum absolute atomic E-state index is 0.103. The van der Waals surface area contributed by atoms with Gasteiger partial charge in [-0.3, -0.25) is 9.59 Å². The van der Waals surface area contributed by atoms with Crippen molar-refractivity contribution in [1.82, 2.24) is 15.5 Å². The molecule has 0 bridgehead atoms. The molecule has 21 heavy (non-hydrogen) atoms. The molecule has 0 saturated heterocycles. The highest BCUT2D eigenvalue weighted by Crippen LogP contribution is 2.00. The van der Waals surface area contributed by atoms with Crippen LogP contribution >= 0.6 is 0 Å². The number of nitrogens with zero attached hydrogens (tertiary/aromatic N) is 2. The molecular formula is C14H15N3O4. The third-order valence-electron chi connectivity index (χ3n) is 2.56. The molecule has 0 unspecified atom stereocenters. The summed E-state index contributed by atoms with van der Waals surface area (Å²) in [5.74, 6) is -0.118. The van der Waals surface area contributed by atoms with Gasteiger partial charge in [0, 0.05) is 0 Å². The molecular weight excluding hydrogens is 274 g/mol. The minimum Gasteiger partial charge on any atom is -0.454 e. The summed E-state index contributed by atoms with van der Waals surface area (Å²) in [6.07, 6.45) is 0.219. The number of carbonyl (C=O) groups is 2. The predicted octanol–water partition coefficient (Wildman–Crippen LogP) is 0.780. The van der Waals surface area contributed by atoms with E-state index in [9.17, 15) is 9.59 Å². The van der Waals surface area contributed by atoms with Gasteiger partial charge < -0.3 is 14.6 Å². The van der Waals surface area contributed by atoms with E-state index in [2.05, 4.69) is 15.5 Å². The summed E-state index contributed by atoms with van der Waals surface area (Å²) in [6.45, 7) is 1.37. The van der Waals surface area contributed by atoms with Crippen LogP contribution in [0.15, 0.2) is 34.9 Å². The summed E-state index contributed by atoms with van der Waals surface area (Å²) >= 11 is 0. The van der Waals surface area contributed by atoms with E-state index < -0.39 is 5.97 Å². The van der Waals surface area contributed by atoms with Crippen LogP contribution in [-0.4, -0.2) is 28.6 Å². The summed E-state index contributed by atoms with van der Waals surface area (Å²) in [6, 6.07) is 9.26. The van der Waals surface area contributed by atoms with Gasteiger partial charge in [0.1, 0.15) is 6.54 Å². The molecule has 0 aliphatic rings. The van der Waals surface area contributed by atoms with Crippen LogP contribution in [-0.2, 0) is 27.4 Å². The number of ether oxygens (including phenoxy) is 1. The molecule has 0 aliphatic heterocycles. The van der Waals surface area contributed by atoms with E-state index in [0.29, 0.717) is 5.82 Å². The standard InChI is InChI=1S/C14H15N3O4/c1-10-16-13(21-17-10)9-20-14(19)8-15-12(18)7-11-5-3-2-4-6-11/h2-6H,7-9H2,1H3,(H,15,18). The molecule has 110 valence electrons. The molecule has 7 nitrogen and oxygen atoms in total. The van der Waals surface area contributed by atoms with Gasteiger partial charge in [-0.2, -0.15) is 4.98 Å². The summed E-state index contributed by atoms with van der Waals surface area (Å²) in [5, 5.41) is 6.06. The van der Waals surface area contributed by atoms with Crippen molar-refractivity contribution in [3.05, 3.63) is 47.6 Å². The topological polar surface area (TPSA) is 94.3 Å². The number of carbonyl (C=O) groups excluding carboxylic acids is 2. The van der Waals surface area contributed by atoms with Crippen molar-refractivity contribution >= 4 is 11.9 Å². The highest BCUT2D eigenvalue weighted by Gasteiger charge is 2.10. The normalized spacial score (nSPS) is 10.1. The molecule has 0 fully saturated rings. The number of aromatic nitrogens is 2. The van der Waals surface area contributed by atoms with Crippen LogP contribution < -0.4 is 5.32 Å². The smallest absolute Gasteiger partial charge is 0.325 e. The number of aryl methyl sites for hydroxylation is 1. The van der Waals surface area contributed by atoms with Crippen LogP contribution in [0.2, 0.25) is 0 Å². The molecule has 0 radical (unpaired) electrons. The summed E-state index contributed by atoms with van der Waals surface area (Å²) < 4.78 is 9.69. The molecule has 1 N–H and O–H groups in total. The summed E-state index contributed by atoms with van der Waals surface area (Å²) in [4.78, 5) is 27.0. The maximum Gasteiger partial charge on any atom is 0.325 e. The van der Waals surface area contributed by atoms with Gasteiger partial charge >= 0.3 is 5.97 Å². The molecule has 1 amide bonds. The zero-order valence-electron chi connectivity index (χ0n) is 11.5.